The molecule has 5 heteroatoms. The minimum Gasteiger partial charge on any atom is -0.467 e. The highest BCUT2D eigenvalue weighted by atomic mass is 19.1. The second-order valence-corrected chi connectivity index (χ2v) is 5.04. The Bertz CT molecular complexity index is 474. The van der Waals surface area contributed by atoms with Crippen LogP contribution in [-0.4, -0.2) is 25.0 Å². The number of hydrogen-bond acceptors (Lipinski definition) is 3. The number of esters is 1. The van der Waals surface area contributed by atoms with Gasteiger partial charge in [0.05, 0.1) is 13.5 Å². The summed E-state index contributed by atoms with van der Waals surface area (Å²) in [5, 5.41) is 2.59. The molecule has 0 bridgehead atoms. The number of rotatable bonds is 6. The predicted molar refractivity (Wildman–Crippen MR) is 73.5 cm³/mol. The molecule has 20 heavy (non-hydrogen) atoms. The zero-order valence-corrected chi connectivity index (χ0v) is 12.0. The summed E-state index contributed by atoms with van der Waals surface area (Å²) in [4.78, 5) is 23.5. The van der Waals surface area contributed by atoms with Gasteiger partial charge >= 0.3 is 5.97 Å². The van der Waals surface area contributed by atoms with E-state index in [0.717, 1.165) is 0 Å². The van der Waals surface area contributed by atoms with Crippen molar-refractivity contribution in [3.8, 4) is 0 Å². The Balaban J connectivity index is 2.66. The van der Waals surface area contributed by atoms with Gasteiger partial charge in [-0.05, 0) is 24.0 Å². The lowest BCUT2D eigenvalue weighted by molar-refractivity contribution is -0.145. The third-order valence-electron chi connectivity index (χ3n) is 2.84. The number of ether oxygens (including phenoxy) is 1. The highest BCUT2D eigenvalue weighted by molar-refractivity contribution is 5.85. The van der Waals surface area contributed by atoms with Gasteiger partial charge in [0.1, 0.15) is 11.9 Å². The van der Waals surface area contributed by atoms with E-state index in [2.05, 4.69) is 10.1 Å². The smallest absolute Gasteiger partial charge is 0.328 e. The van der Waals surface area contributed by atoms with Crippen LogP contribution in [0.3, 0.4) is 0 Å². The van der Waals surface area contributed by atoms with Crippen molar-refractivity contribution in [2.45, 2.75) is 32.7 Å². The first kappa shape index (κ1) is 16.1. The average Bonchev–Trinajstić information content (AvgIpc) is 2.39. The molecule has 0 aliphatic rings. The zero-order chi connectivity index (χ0) is 15.1. The number of hydrogen-bond donors (Lipinski definition) is 1. The molecule has 0 radical (unpaired) electrons. The molecule has 1 amide bonds. The highest BCUT2D eigenvalue weighted by Crippen LogP contribution is 2.09. The van der Waals surface area contributed by atoms with Crippen molar-refractivity contribution >= 4 is 11.9 Å². The molecular formula is C15H20FNO3. The summed E-state index contributed by atoms with van der Waals surface area (Å²) in [6, 6.07) is 5.38. The SMILES string of the molecule is COC(=O)C(CC(C)C)NC(=O)Cc1ccccc1F. The van der Waals surface area contributed by atoms with E-state index in [1.165, 1.54) is 13.2 Å². The maximum Gasteiger partial charge on any atom is 0.328 e. The molecular weight excluding hydrogens is 261 g/mol. The molecule has 0 saturated heterocycles. The van der Waals surface area contributed by atoms with Crippen LogP contribution in [-0.2, 0) is 20.7 Å². The molecule has 0 heterocycles. The van der Waals surface area contributed by atoms with E-state index in [0.29, 0.717) is 12.0 Å². The van der Waals surface area contributed by atoms with Gasteiger partial charge in [0, 0.05) is 0 Å². The first-order valence-corrected chi connectivity index (χ1v) is 6.54. The van der Waals surface area contributed by atoms with Gasteiger partial charge in [0.15, 0.2) is 0 Å². The molecule has 1 atom stereocenters. The lowest BCUT2D eigenvalue weighted by atomic mass is 10.0. The molecule has 1 N–H and O–H groups in total. The first-order chi connectivity index (χ1) is 9.43. The van der Waals surface area contributed by atoms with Crippen LogP contribution in [0.1, 0.15) is 25.8 Å². The predicted octanol–water partition coefficient (Wildman–Crippen LogP) is 2.07. The van der Waals surface area contributed by atoms with E-state index in [9.17, 15) is 14.0 Å². The van der Waals surface area contributed by atoms with Crippen LogP contribution in [0.4, 0.5) is 4.39 Å². The lowest BCUT2D eigenvalue weighted by Crippen LogP contribution is -2.43. The van der Waals surface area contributed by atoms with Crippen LogP contribution in [0.25, 0.3) is 0 Å². The van der Waals surface area contributed by atoms with E-state index in [4.69, 9.17) is 0 Å². The van der Waals surface area contributed by atoms with Crippen LogP contribution in [0.2, 0.25) is 0 Å². The largest absolute Gasteiger partial charge is 0.467 e. The lowest BCUT2D eigenvalue weighted by Gasteiger charge is -2.18. The molecule has 0 fully saturated rings. The van der Waals surface area contributed by atoms with E-state index in [1.54, 1.807) is 18.2 Å². The Morgan fingerprint density at radius 3 is 2.50 bits per heavy atom. The van der Waals surface area contributed by atoms with E-state index in [1.807, 2.05) is 13.8 Å². The molecule has 4 nitrogen and oxygen atoms in total. The number of amides is 1. The van der Waals surface area contributed by atoms with Crippen molar-refractivity contribution in [3.05, 3.63) is 35.6 Å². The van der Waals surface area contributed by atoms with Gasteiger partial charge in [0.25, 0.3) is 0 Å². The molecule has 1 aromatic carbocycles. The zero-order valence-electron chi connectivity index (χ0n) is 12.0. The van der Waals surface area contributed by atoms with Crippen LogP contribution < -0.4 is 5.32 Å². The number of carbonyl (C=O) groups excluding carboxylic acids is 2. The van der Waals surface area contributed by atoms with Crippen molar-refractivity contribution in [1.82, 2.24) is 5.32 Å². The summed E-state index contributed by atoms with van der Waals surface area (Å²) in [7, 11) is 1.28. The fourth-order valence-corrected chi connectivity index (χ4v) is 1.89. The summed E-state index contributed by atoms with van der Waals surface area (Å²) in [6.07, 6.45) is 0.383. The Kier molecular flexibility index (Phi) is 6.15. The molecule has 110 valence electrons. The first-order valence-electron chi connectivity index (χ1n) is 6.54. The number of nitrogens with one attached hydrogen (secondary N) is 1. The van der Waals surface area contributed by atoms with E-state index < -0.39 is 23.7 Å². The Morgan fingerprint density at radius 1 is 1.30 bits per heavy atom. The molecule has 1 aromatic rings. The van der Waals surface area contributed by atoms with Gasteiger partial charge in [-0.3, -0.25) is 4.79 Å². The Morgan fingerprint density at radius 2 is 1.95 bits per heavy atom. The topological polar surface area (TPSA) is 55.4 Å². The molecule has 0 aliphatic carbocycles. The molecule has 1 rings (SSSR count). The molecule has 0 spiro atoms. The van der Waals surface area contributed by atoms with Gasteiger partial charge in [-0.2, -0.15) is 0 Å². The minimum absolute atomic E-state index is 0.0989. The van der Waals surface area contributed by atoms with Crippen molar-refractivity contribution in [1.29, 1.82) is 0 Å². The Labute approximate surface area is 118 Å². The summed E-state index contributed by atoms with van der Waals surface area (Å²) >= 11 is 0. The molecule has 0 aliphatic heterocycles. The van der Waals surface area contributed by atoms with Crippen molar-refractivity contribution in [3.63, 3.8) is 0 Å². The van der Waals surface area contributed by atoms with Crippen LogP contribution in [0, 0.1) is 11.7 Å². The Hall–Kier alpha value is -1.91. The monoisotopic (exact) mass is 281 g/mol. The molecule has 1 unspecified atom stereocenters. The van der Waals surface area contributed by atoms with Gasteiger partial charge in [-0.15, -0.1) is 0 Å². The summed E-state index contributed by atoms with van der Waals surface area (Å²) < 4.78 is 18.1. The highest BCUT2D eigenvalue weighted by Gasteiger charge is 2.22. The maximum atomic E-state index is 13.5. The van der Waals surface area contributed by atoms with E-state index >= 15 is 0 Å². The summed E-state index contributed by atoms with van der Waals surface area (Å²) in [6.45, 7) is 3.89. The van der Waals surface area contributed by atoms with Gasteiger partial charge in [0.2, 0.25) is 5.91 Å². The summed E-state index contributed by atoms with van der Waals surface area (Å²) in [5.74, 6) is -1.08. The minimum atomic E-state index is -0.695. The second kappa shape index (κ2) is 7.62. The normalized spacial score (nSPS) is 12.1. The summed E-state index contributed by atoms with van der Waals surface area (Å²) in [5.41, 5.74) is 0.304. The standard InChI is InChI=1S/C15H20FNO3/c1-10(2)8-13(15(19)20-3)17-14(18)9-11-6-4-5-7-12(11)16/h4-7,10,13H,8-9H2,1-3H3,(H,17,18). The van der Waals surface area contributed by atoms with E-state index in [-0.39, 0.29) is 12.3 Å². The van der Waals surface area contributed by atoms with Gasteiger partial charge in [-0.25, -0.2) is 9.18 Å². The van der Waals surface area contributed by atoms with Crippen LogP contribution in [0.15, 0.2) is 24.3 Å². The number of methoxy groups -OCH3 is 1. The number of halogens is 1. The van der Waals surface area contributed by atoms with Crippen molar-refractivity contribution in [2.75, 3.05) is 7.11 Å². The van der Waals surface area contributed by atoms with Crippen molar-refractivity contribution in [2.24, 2.45) is 5.92 Å². The number of benzene rings is 1. The molecule has 0 saturated carbocycles. The van der Waals surface area contributed by atoms with Gasteiger partial charge in [-0.1, -0.05) is 32.0 Å². The van der Waals surface area contributed by atoms with Crippen molar-refractivity contribution < 1.29 is 18.7 Å². The van der Waals surface area contributed by atoms with Crippen LogP contribution >= 0.6 is 0 Å². The quantitative estimate of drug-likeness (QED) is 0.812. The molecule has 0 aromatic heterocycles. The number of carbonyl (C=O) groups is 2. The fourth-order valence-electron chi connectivity index (χ4n) is 1.89. The van der Waals surface area contributed by atoms with Gasteiger partial charge < -0.3 is 10.1 Å². The second-order valence-electron chi connectivity index (χ2n) is 5.04. The average molecular weight is 281 g/mol. The maximum absolute atomic E-state index is 13.5. The van der Waals surface area contributed by atoms with Crippen LogP contribution in [0.5, 0.6) is 0 Å². The fraction of sp³-hybridized carbons (Fsp3) is 0.467. The third kappa shape index (κ3) is 4.99. The third-order valence-corrected chi connectivity index (χ3v) is 2.84.